The Morgan fingerprint density at radius 1 is 1.00 bits per heavy atom. The summed E-state index contributed by atoms with van der Waals surface area (Å²) in [6.07, 6.45) is 0. The molecule has 0 spiro atoms. The van der Waals surface area contributed by atoms with Crippen molar-refractivity contribution in [2.75, 3.05) is 17.7 Å². The zero-order valence-electron chi connectivity index (χ0n) is 10.5. The Hall–Kier alpha value is -1.59. The number of benzene rings is 1. The maximum Gasteiger partial charge on any atom is 0.229 e. The fourth-order valence-corrected chi connectivity index (χ4v) is 1.84. The van der Waals surface area contributed by atoms with E-state index in [1.165, 1.54) is 0 Å². The second-order valence-electron chi connectivity index (χ2n) is 3.92. The summed E-state index contributed by atoms with van der Waals surface area (Å²) in [7, 11) is 1.72. The van der Waals surface area contributed by atoms with Crippen molar-refractivity contribution in [2.24, 2.45) is 0 Å². The minimum Gasteiger partial charge on any atom is -0.357 e. The number of aromatic nitrogens is 3. The Kier molecular flexibility index (Phi) is 4.39. The first-order chi connectivity index (χ1) is 9.08. The first-order valence-electron chi connectivity index (χ1n) is 5.70. The zero-order valence-corrected chi connectivity index (χ0v) is 12.0. The molecule has 1 unspecified atom stereocenters. The molecular formula is C12H13Cl2N5. The fraction of sp³-hybridized carbons (Fsp3) is 0.250. The summed E-state index contributed by atoms with van der Waals surface area (Å²) in [6.45, 7) is 2.00. The molecule has 1 heterocycles. The molecule has 0 aliphatic carbocycles. The van der Waals surface area contributed by atoms with Gasteiger partial charge < -0.3 is 10.6 Å². The lowest BCUT2D eigenvalue weighted by atomic mass is 10.1. The molecule has 0 aliphatic rings. The van der Waals surface area contributed by atoms with E-state index in [0.29, 0.717) is 16.9 Å². The smallest absolute Gasteiger partial charge is 0.229 e. The van der Waals surface area contributed by atoms with E-state index in [1.807, 2.05) is 31.2 Å². The largest absolute Gasteiger partial charge is 0.357 e. The summed E-state index contributed by atoms with van der Waals surface area (Å²) in [5, 5.41) is 6.84. The van der Waals surface area contributed by atoms with Gasteiger partial charge in [-0.05, 0) is 36.2 Å². The molecule has 0 amide bonds. The molecule has 100 valence electrons. The molecule has 0 saturated carbocycles. The number of hydrogen-bond acceptors (Lipinski definition) is 5. The van der Waals surface area contributed by atoms with Crippen LogP contribution >= 0.6 is 23.2 Å². The lowest BCUT2D eigenvalue weighted by Gasteiger charge is -2.14. The monoisotopic (exact) mass is 297 g/mol. The highest BCUT2D eigenvalue weighted by atomic mass is 35.5. The van der Waals surface area contributed by atoms with Crippen LogP contribution in [0.4, 0.5) is 11.9 Å². The molecule has 0 bridgehead atoms. The zero-order chi connectivity index (χ0) is 13.8. The molecule has 5 nitrogen and oxygen atoms in total. The molecule has 0 saturated heterocycles. The van der Waals surface area contributed by atoms with Crippen molar-refractivity contribution < 1.29 is 0 Å². The summed E-state index contributed by atoms with van der Waals surface area (Å²) < 4.78 is 0. The van der Waals surface area contributed by atoms with Crippen molar-refractivity contribution in [1.29, 1.82) is 0 Å². The predicted octanol–water partition coefficient (Wildman–Crippen LogP) is 3.39. The Balaban J connectivity index is 2.16. The molecule has 19 heavy (non-hydrogen) atoms. The average Bonchev–Trinajstić information content (AvgIpc) is 2.38. The Morgan fingerprint density at radius 2 is 1.63 bits per heavy atom. The highest BCUT2D eigenvalue weighted by Gasteiger charge is 2.09. The van der Waals surface area contributed by atoms with Gasteiger partial charge in [0.2, 0.25) is 17.2 Å². The van der Waals surface area contributed by atoms with E-state index in [4.69, 9.17) is 23.2 Å². The SMILES string of the molecule is CNc1nc(Cl)nc(NC(C)c2ccc(Cl)cc2)n1. The van der Waals surface area contributed by atoms with Crippen molar-refractivity contribution in [3.05, 3.63) is 40.1 Å². The molecular weight excluding hydrogens is 285 g/mol. The van der Waals surface area contributed by atoms with Crippen molar-refractivity contribution >= 4 is 35.1 Å². The van der Waals surface area contributed by atoms with Crippen LogP contribution in [-0.4, -0.2) is 22.0 Å². The Morgan fingerprint density at radius 3 is 2.26 bits per heavy atom. The van der Waals surface area contributed by atoms with Crippen LogP contribution in [0.5, 0.6) is 0 Å². The van der Waals surface area contributed by atoms with E-state index >= 15 is 0 Å². The molecule has 1 atom stereocenters. The Bertz CT molecular complexity index is 559. The van der Waals surface area contributed by atoms with Crippen LogP contribution in [0.25, 0.3) is 0 Å². The van der Waals surface area contributed by atoms with E-state index in [1.54, 1.807) is 7.05 Å². The van der Waals surface area contributed by atoms with Gasteiger partial charge in [-0.15, -0.1) is 0 Å². The van der Waals surface area contributed by atoms with Crippen LogP contribution in [0.15, 0.2) is 24.3 Å². The quantitative estimate of drug-likeness (QED) is 0.906. The van der Waals surface area contributed by atoms with Crippen LogP contribution in [-0.2, 0) is 0 Å². The van der Waals surface area contributed by atoms with Crippen molar-refractivity contribution in [3.8, 4) is 0 Å². The summed E-state index contributed by atoms with van der Waals surface area (Å²) in [5.74, 6) is 0.845. The number of rotatable bonds is 4. The minimum atomic E-state index is 0.0282. The van der Waals surface area contributed by atoms with Gasteiger partial charge in [-0.1, -0.05) is 23.7 Å². The normalized spacial score (nSPS) is 12.0. The van der Waals surface area contributed by atoms with Crippen LogP contribution in [0.1, 0.15) is 18.5 Å². The molecule has 7 heteroatoms. The van der Waals surface area contributed by atoms with Gasteiger partial charge >= 0.3 is 0 Å². The predicted molar refractivity (Wildman–Crippen MR) is 77.9 cm³/mol. The van der Waals surface area contributed by atoms with Gasteiger partial charge in [0.1, 0.15) is 0 Å². The summed E-state index contributed by atoms with van der Waals surface area (Å²) >= 11 is 11.7. The van der Waals surface area contributed by atoms with Gasteiger partial charge in [0, 0.05) is 12.1 Å². The second kappa shape index (κ2) is 6.04. The van der Waals surface area contributed by atoms with E-state index in [2.05, 4.69) is 25.6 Å². The van der Waals surface area contributed by atoms with Gasteiger partial charge in [-0.25, -0.2) is 0 Å². The molecule has 1 aromatic heterocycles. The topological polar surface area (TPSA) is 62.7 Å². The third-order valence-electron chi connectivity index (χ3n) is 2.55. The van der Waals surface area contributed by atoms with Crippen LogP contribution in [0.2, 0.25) is 10.3 Å². The minimum absolute atomic E-state index is 0.0282. The van der Waals surface area contributed by atoms with E-state index in [-0.39, 0.29) is 11.3 Å². The number of anilines is 2. The summed E-state index contributed by atoms with van der Waals surface area (Å²) in [5.41, 5.74) is 1.08. The second-order valence-corrected chi connectivity index (χ2v) is 4.69. The van der Waals surface area contributed by atoms with E-state index in [0.717, 1.165) is 5.56 Å². The molecule has 2 rings (SSSR count). The lowest BCUT2D eigenvalue weighted by molar-refractivity contribution is 0.854. The van der Waals surface area contributed by atoms with E-state index < -0.39 is 0 Å². The van der Waals surface area contributed by atoms with Crippen molar-refractivity contribution in [1.82, 2.24) is 15.0 Å². The van der Waals surface area contributed by atoms with Gasteiger partial charge in [0.25, 0.3) is 0 Å². The van der Waals surface area contributed by atoms with Crippen molar-refractivity contribution in [3.63, 3.8) is 0 Å². The highest BCUT2D eigenvalue weighted by Crippen LogP contribution is 2.20. The molecule has 2 N–H and O–H groups in total. The van der Waals surface area contributed by atoms with Crippen LogP contribution in [0, 0.1) is 0 Å². The molecule has 1 aromatic carbocycles. The lowest BCUT2D eigenvalue weighted by Crippen LogP contribution is -2.11. The first-order valence-corrected chi connectivity index (χ1v) is 6.45. The van der Waals surface area contributed by atoms with Crippen LogP contribution in [0.3, 0.4) is 0 Å². The first kappa shape index (κ1) is 13.8. The number of nitrogens with zero attached hydrogens (tertiary/aromatic N) is 3. The van der Waals surface area contributed by atoms with E-state index in [9.17, 15) is 0 Å². The number of halogens is 2. The molecule has 0 aliphatic heterocycles. The molecule has 2 aromatic rings. The molecule has 0 fully saturated rings. The van der Waals surface area contributed by atoms with Crippen LogP contribution < -0.4 is 10.6 Å². The van der Waals surface area contributed by atoms with Gasteiger partial charge in [0.15, 0.2) is 0 Å². The fourth-order valence-electron chi connectivity index (χ4n) is 1.55. The maximum absolute atomic E-state index is 5.86. The van der Waals surface area contributed by atoms with Gasteiger partial charge in [-0.3, -0.25) is 0 Å². The maximum atomic E-state index is 5.86. The van der Waals surface area contributed by atoms with Gasteiger partial charge in [-0.2, -0.15) is 15.0 Å². The standard InChI is InChI=1S/C12H13Cl2N5/c1-7(8-3-5-9(13)6-4-8)16-12-18-10(14)17-11(15-2)19-12/h3-7H,1-2H3,(H2,15,16,17,18,19). The number of hydrogen-bond donors (Lipinski definition) is 2. The third kappa shape index (κ3) is 3.68. The van der Waals surface area contributed by atoms with Crippen molar-refractivity contribution in [2.45, 2.75) is 13.0 Å². The summed E-state index contributed by atoms with van der Waals surface area (Å²) in [4.78, 5) is 12.1. The van der Waals surface area contributed by atoms with Gasteiger partial charge in [0.05, 0.1) is 6.04 Å². The highest BCUT2D eigenvalue weighted by molar-refractivity contribution is 6.30. The third-order valence-corrected chi connectivity index (χ3v) is 2.97. The summed E-state index contributed by atoms with van der Waals surface area (Å²) in [6, 6.07) is 7.60. The number of nitrogens with one attached hydrogen (secondary N) is 2. The Labute approximate surface area is 121 Å². The average molecular weight is 298 g/mol. The molecule has 0 radical (unpaired) electrons.